The van der Waals surface area contributed by atoms with Crippen LogP contribution >= 0.6 is 27.3 Å². The lowest BCUT2D eigenvalue weighted by Gasteiger charge is -2.60. The molecule has 1 amide bonds. The summed E-state index contributed by atoms with van der Waals surface area (Å²) >= 11 is 5.55. The number of nitrogens with zero attached hydrogens (tertiary/aromatic N) is 1. The van der Waals surface area contributed by atoms with Crippen molar-refractivity contribution < 1.29 is 9.53 Å². The monoisotopic (exact) mass is 434 g/mol. The van der Waals surface area contributed by atoms with Crippen molar-refractivity contribution in [3.05, 3.63) is 18.2 Å². The number of rotatable bonds is 4. The van der Waals surface area contributed by atoms with Crippen molar-refractivity contribution in [2.45, 2.75) is 49.3 Å². The molecule has 0 spiro atoms. The largest absolute Gasteiger partial charge is 0.497 e. The molecule has 0 radical (unpaired) electrons. The van der Waals surface area contributed by atoms with Gasteiger partial charge < -0.3 is 10.1 Å². The number of carbonyl (C=O) groups excluding carboxylic acids is 1. The van der Waals surface area contributed by atoms with Gasteiger partial charge in [0, 0.05) is 10.7 Å². The minimum atomic E-state index is 0.120. The highest BCUT2D eigenvalue weighted by Gasteiger charge is 2.57. The molecule has 2 aromatic rings. The average molecular weight is 435 g/mol. The molecule has 138 valence electrons. The first-order chi connectivity index (χ1) is 12.4. The van der Waals surface area contributed by atoms with E-state index in [1.54, 1.807) is 7.11 Å². The Labute approximate surface area is 165 Å². The molecule has 2 atom stereocenters. The lowest BCUT2D eigenvalue weighted by atomic mass is 9.48. The Morgan fingerprint density at radius 3 is 2.81 bits per heavy atom. The first kappa shape index (κ1) is 17.0. The number of ether oxygens (including phenoxy) is 1. The van der Waals surface area contributed by atoms with E-state index in [9.17, 15) is 4.79 Å². The fraction of sp³-hybridized carbons (Fsp3) is 0.600. The minimum Gasteiger partial charge on any atom is -0.497 e. The summed E-state index contributed by atoms with van der Waals surface area (Å²) in [6.45, 7) is 0. The number of benzene rings is 1. The fourth-order valence-corrected chi connectivity index (χ4v) is 8.55. The van der Waals surface area contributed by atoms with Gasteiger partial charge in [0.05, 0.1) is 17.3 Å². The summed E-state index contributed by atoms with van der Waals surface area (Å²) in [4.78, 5) is 17.4. The highest BCUT2D eigenvalue weighted by atomic mass is 79.9. The molecule has 2 unspecified atom stereocenters. The molecule has 1 aromatic carbocycles. The highest BCUT2D eigenvalue weighted by Crippen LogP contribution is 2.65. The van der Waals surface area contributed by atoms with Crippen molar-refractivity contribution in [1.82, 2.24) is 4.98 Å². The maximum atomic E-state index is 12.8. The number of nitrogens with one attached hydrogen (secondary N) is 1. The van der Waals surface area contributed by atoms with Crippen molar-refractivity contribution >= 4 is 48.5 Å². The van der Waals surface area contributed by atoms with Gasteiger partial charge in [0.25, 0.3) is 0 Å². The number of methoxy groups -OCH3 is 1. The number of hydrogen-bond donors (Lipinski definition) is 1. The maximum Gasteiger partial charge on any atom is 0.226 e. The van der Waals surface area contributed by atoms with Crippen LogP contribution in [0.15, 0.2) is 18.2 Å². The van der Waals surface area contributed by atoms with Crippen LogP contribution in [0.25, 0.3) is 10.2 Å². The topological polar surface area (TPSA) is 51.2 Å². The summed E-state index contributed by atoms with van der Waals surface area (Å²) in [6, 6.07) is 5.81. The van der Waals surface area contributed by atoms with E-state index in [0.717, 1.165) is 34.2 Å². The van der Waals surface area contributed by atoms with Gasteiger partial charge in [0.1, 0.15) is 5.75 Å². The quantitative estimate of drug-likeness (QED) is 0.658. The molecule has 4 bridgehead atoms. The van der Waals surface area contributed by atoms with Crippen LogP contribution in [0, 0.1) is 17.3 Å². The zero-order valence-corrected chi connectivity index (χ0v) is 17.3. The Hall–Kier alpha value is -1.14. The number of carbonyl (C=O) groups is 1. The second kappa shape index (κ2) is 5.93. The number of anilines is 1. The van der Waals surface area contributed by atoms with Gasteiger partial charge in [0.15, 0.2) is 5.13 Å². The van der Waals surface area contributed by atoms with Gasteiger partial charge in [-0.1, -0.05) is 27.3 Å². The number of thiazole rings is 1. The van der Waals surface area contributed by atoms with Gasteiger partial charge in [-0.05, 0) is 74.0 Å². The van der Waals surface area contributed by atoms with Crippen LogP contribution in [0.1, 0.15) is 44.9 Å². The van der Waals surface area contributed by atoms with E-state index < -0.39 is 0 Å². The Morgan fingerprint density at radius 1 is 1.35 bits per heavy atom. The number of aromatic nitrogens is 1. The summed E-state index contributed by atoms with van der Waals surface area (Å²) < 4.78 is 6.60. The Bertz CT molecular complexity index is 866. The van der Waals surface area contributed by atoms with Gasteiger partial charge in [-0.2, -0.15) is 0 Å². The molecule has 0 saturated heterocycles. The third-order valence-corrected chi connectivity index (χ3v) is 8.35. The third-order valence-electron chi connectivity index (χ3n) is 6.49. The molecule has 1 N–H and O–H groups in total. The van der Waals surface area contributed by atoms with Gasteiger partial charge in [-0.25, -0.2) is 4.98 Å². The maximum absolute atomic E-state index is 12.8. The molecule has 4 fully saturated rings. The zero-order chi connectivity index (χ0) is 17.9. The van der Waals surface area contributed by atoms with Crippen LogP contribution in [0.3, 0.4) is 0 Å². The molecule has 6 rings (SSSR count). The van der Waals surface area contributed by atoms with Crippen molar-refractivity contribution in [1.29, 1.82) is 0 Å². The standard InChI is InChI=1S/C20H23BrN2O2S/c1-25-14-2-3-15-16(5-14)26-18(22-15)23-17(24)10-19-6-12-4-13(7-19)9-20(21,8-12)11-19/h2-3,5,12-13H,4,6-11H2,1H3,(H,22,23,24). The highest BCUT2D eigenvalue weighted by molar-refractivity contribution is 9.10. The SMILES string of the molecule is COc1ccc2nc(NC(=O)CC34CC5CC(CC(Br)(C5)C3)C4)sc2c1. The second-order valence-electron chi connectivity index (χ2n) is 8.69. The van der Waals surface area contributed by atoms with E-state index in [4.69, 9.17) is 4.74 Å². The van der Waals surface area contributed by atoms with Crippen LogP contribution < -0.4 is 10.1 Å². The van der Waals surface area contributed by atoms with E-state index in [-0.39, 0.29) is 11.3 Å². The van der Waals surface area contributed by atoms with Gasteiger partial charge in [-0.3, -0.25) is 4.79 Å². The van der Waals surface area contributed by atoms with Crippen molar-refractivity contribution in [2.75, 3.05) is 12.4 Å². The lowest BCUT2D eigenvalue weighted by molar-refractivity contribution is -0.123. The third kappa shape index (κ3) is 2.95. The van der Waals surface area contributed by atoms with Gasteiger partial charge in [-0.15, -0.1) is 0 Å². The summed E-state index contributed by atoms with van der Waals surface area (Å²) in [6.07, 6.45) is 8.20. The molecular formula is C20H23BrN2O2S. The number of halogens is 1. The Balaban J connectivity index is 1.32. The predicted molar refractivity (Wildman–Crippen MR) is 108 cm³/mol. The number of amides is 1. The van der Waals surface area contributed by atoms with Crippen LogP contribution in [0.4, 0.5) is 5.13 Å². The number of alkyl halides is 1. The van der Waals surface area contributed by atoms with Crippen molar-refractivity contribution in [2.24, 2.45) is 17.3 Å². The zero-order valence-electron chi connectivity index (χ0n) is 14.9. The van der Waals surface area contributed by atoms with Crippen LogP contribution in [-0.2, 0) is 4.79 Å². The van der Waals surface area contributed by atoms with Gasteiger partial charge >= 0.3 is 0 Å². The summed E-state index contributed by atoms with van der Waals surface area (Å²) in [5, 5.41) is 3.76. The summed E-state index contributed by atoms with van der Waals surface area (Å²) in [5.74, 6) is 2.54. The Morgan fingerprint density at radius 2 is 2.12 bits per heavy atom. The smallest absolute Gasteiger partial charge is 0.226 e. The summed E-state index contributed by atoms with van der Waals surface area (Å²) in [5.41, 5.74) is 1.10. The van der Waals surface area contributed by atoms with Crippen molar-refractivity contribution in [3.8, 4) is 5.75 Å². The Kier molecular flexibility index (Phi) is 3.87. The fourth-order valence-electron chi connectivity index (χ4n) is 6.13. The van der Waals surface area contributed by atoms with Gasteiger partial charge in [0.2, 0.25) is 5.91 Å². The van der Waals surface area contributed by atoms with E-state index in [1.807, 2.05) is 18.2 Å². The molecule has 6 heteroatoms. The average Bonchev–Trinajstić information content (AvgIpc) is 2.92. The molecule has 4 saturated carbocycles. The molecule has 0 aliphatic heterocycles. The first-order valence-corrected chi connectivity index (χ1v) is 11.0. The molecule has 1 heterocycles. The van der Waals surface area contributed by atoms with E-state index in [2.05, 4.69) is 26.2 Å². The molecule has 4 nitrogen and oxygen atoms in total. The molecule has 4 aliphatic rings. The number of fused-ring (bicyclic) bond motifs is 1. The van der Waals surface area contributed by atoms with E-state index >= 15 is 0 Å². The van der Waals surface area contributed by atoms with Crippen molar-refractivity contribution in [3.63, 3.8) is 0 Å². The lowest BCUT2D eigenvalue weighted by Crippen LogP contribution is -2.53. The molecule has 4 aliphatic carbocycles. The van der Waals surface area contributed by atoms with E-state index in [1.165, 1.54) is 43.4 Å². The normalized spacial score (nSPS) is 35.0. The summed E-state index contributed by atoms with van der Waals surface area (Å²) in [7, 11) is 1.66. The second-order valence-corrected chi connectivity index (χ2v) is 11.4. The molecule has 1 aromatic heterocycles. The van der Waals surface area contributed by atoms with Crippen LogP contribution in [0.5, 0.6) is 5.75 Å². The molecular weight excluding hydrogens is 412 g/mol. The van der Waals surface area contributed by atoms with Crippen LogP contribution in [0.2, 0.25) is 0 Å². The number of hydrogen-bond acceptors (Lipinski definition) is 4. The van der Waals surface area contributed by atoms with Crippen LogP contribution in [-0.4, -0.2) is 22.3 Å². The minimum absolute atomic E-state index is 0.120. The molecule has 26 heavy (non-hydrogen) atoms. The first-order valence-electron chi connectivity index (χ1n) is 9.38. The predicted octanol–water partition coefficient (Wildman–Crippen LogP) is 5.37. The van der Waals surface area contributed by atoms with E-state index in [0.29, 0.717) is 15.9 Å².